The molecule has 2 N–H and O–H groups in total. The van der Waals surface area contributed by atoms with E-state index in [9.17, 15) is 5.11 Å². The number of rotatable bonds is 4. The summed E-state index contributed by atoms with van der Waals surface area (Å²) in [5.74, 6) is 0.606. The van der Waals surface area contributed by atoms with Gasteiger partial charge in [0.2, 0.25) is 0 Å². The molecule has 0 amide bonds. The van der Waals surface area contributed by atoms with Crippen LogP contribution in [-0.4, -0.2) is 18.3 Å². The van der Waals surface area contributed by atoms with E-state index in [2.05, 4.69) is 43.4 Å². The number of fused-ring (bicyclic) bond motifs is 1. The highest BCUT2D eigenvalue weighted by molar-refractivity contribution is 5.38. The molecular weight excluding hydrogens is 210 g/mol. The molecule has 2 nitrogen and oxygen atoms in total. The van der Waals surface area contributed by atoms with E-state index in [0.29, 0.717) is 5.92 Å². The topological polar surface area (TPSA) is 32.3 Å². The molecule has 17 heavy (non-hydrogen) atoms. The van der Waals surface area contributed by atoms with Crippen molar-refractivity contribution in [1.29, 1.82) is 0 Å². The maximum Gasteiger partial charge on any atom is 0.0672 e. The van der Waals surface area contributed by atoms with Gasteiger partial charge in [0.1, 0.15) is 0 Å². The Hall–Kier alpha value is -0.860. The van der Waals surface area contributed by atoms with E-state index in [1.54, 1.807) is 0 Å². The number of hydrogen-bond donors (Lipinski definition) is 2. The first-order chi connectivity index (χ1) is 8.23. The summed E-state index contributed by atoms with van der Waals surface area (Å²) in [6, 6.07) is 8.55. The largest absolute Gasteiger partial charge is 0.394 e. The van der Waals surface area contributed by atoms with E-state index in [-0.39, 0.29) is 12.1 Å². The van der Waals surface area contributed by atoms with E-state index in [4.69, 9.17) is 0 Å². The van der Waals surface area contributed by atoms with Crippen molar-refractivity contribution in [3.8, 4) is 0 Å². The van der Waals surface area contributed by atoms with E-state index >= 15 is 0 Å². The van der Waals surface area contributed by atoms with Gasteiger partial charge < -0.3 is 10.4 Å². The molecule has 94 valence electrons. The molecule has 0 aromatic heterocycles. The Balaban J connectivity index is 2.38. The zero-order chi connectivity index (χ0) is 12.3. The van der Waals surface area contributed by atoms with Crippen LogP contribution in [0.25, 0.3) is 0 Å². The highest BCUT2D eigenvalue weighted by atomic mass is 16.3. The minimum atomic E-state index is -0.209. The molecule has 1 aromatic carbocycles. The van der Waals surface area contributed by atoms with Crippen molar-refractivity contribution in [3.63, 3.8) is 0 Å². The van der Waals surface area contributed by atoms with Crippen molar-refractivity contribution in [3.05, 3.63) is 35.4 Å². The van der Waals surface area contributed by atoms with E-state index in [0.717, 1.165) is 25.8 Å². The molecule has 2 unspecified atom stereocenters. The predicted octanol–water partition coefficient (Wildman–Crippen LogP) is 2.77. The maximum atomic E-state index is 9.84. The lowest BCUT2D eigenvalue weighted by atomic mass is 9.72. The second-order valence-electron chi connectivity index (χ2n) is 5.19. The molecule has 1 aliphatic carbocycles. The van der Waals surface area contributed by atoms with Crippen LogP contribution >= 0.6 is 0 Å². The molecule has 1 aromatic rings. The number of nitrogens with one attached hydrogen (secondary N) is 1. The van der Waals surface area contributed by atoms with E-state index in [1.807, 2.05) is 0 Å². The lowest BCUT2D eigenvalue weighted by Gasteiger charge is -2.41. The van der Waals surface area contributed by atoms with Crippen LogP contribution in [0.3, 0.4) is 0 Å². The van der Waals surface area contributed by atoms with Crippen LogP contribution < -0.4 is 5.32 Å². The summed E-state index contributed by atoms with van der Waals surface area (Å²) >= 11 is 0. The summed E-state index contributed by atoms with van der Waals surface area (Å²) in [6.07, 6.45) is 3.27. The molecule has 0 saturated carbocycles. The fourth-order valence-corrected chi connectivity index (χ4v) is 2.88. The fraction of sp³-hybridized carbons (Fsp3) is 0.600. The van der Waals surface area contributed by atoms with E-state index in [1.165, 1.54) is 11.1 Å². The number of hydrogen-bond acceptors (Lipinski definition) is 2. The van der Waals surface area contributed by atoms with Crippen LogP contribution in [-0.2, 0) is 5.54 Å². The lowest BCUT2D eigenvalue weighted by Crippen LogP contribution is -2.48. The minimum Gasteiger partial charge on any atom is -0.394 e. The van der Waals surface area contributed by atoms with Crippen LogP contribution in [0.2, 0.25) is 0 Å². The van der Waals surface area contributed by atoms with Crippen LogP contribution in [0.4, 0.5) is 0 Å². The van der Waals surface area contributed by atoms with Crippen molar-refractivity contribution >= 4 is 0 Å². The SMILES string of the molecule is CCCNC1(CO)CCC(C)c2ccccc21. The molecule has 0 radical (unpaired) electrons. The van der Waals surface area contributed by atoms with Crippen molar-refractivity contribution in [2.45, 2.75) is 44.6 Å². The minimum absolute atomic E-state index is 0.191. The fourth-order valence-electron chi connectivity index (χ4n) is 2.88. The molecule has 0 spiro atoms. The standard InChI is InChI=1S/C15H23NO/c1-3-10-16-15(11-17)9-8-12(2)13-6-4-5-7-14(13)15/h4-7,12,16-17H,3,8-11H2,1-2H3. The monoisotopic (exact) mass is 233 g/mol. The predicted molar refractivity (Wildman–Crippen MR) is 71.1 cm³/mol. The van der Waals surface area contributed by atoms with Gasteiger partial charge in [-0.25, -0.2) is 0 Å². The van der Waals surface area contributed by atoms with Gasteiger partial charge in [0.05, 0.1) is 12.1 Å². The molecule has 1 aliphatic rings. The van der Waals surface area contributed by atoms with Gasteiger partial charge in [0.25, 0.3) is 0 Å². The van der Waals surface area contributed by atoms with Crippen molar-refractivity contribution in [2.24, 2.45) is 0 Å². The van der Waals surface area contributed by atoms with Gasteiger partial charge in [0.15, 0.2) is 0 Å². The highest BCUT2D eigenvalue weighted by Crippen LogP contribution is 2.40. The summed E-state index contributed by atoms with van der Waals surface area (Å²) in [5.41, 5.74) is 2.49. The Kier molecular flexibility index (Phi) is 3.85. The molecule has 2 heteroatoms. The Labute approximate surface area is 104 Å². The normalized spacial score (nSPS) is 27.8. The van der Waals surface area contributed by atoms with Gasteiger partial charge in [0, 0.05) is 0 Å². The second kappa shape index (κ2) is 5.19. The van der Waals surface area contributed by atoms with Gasteiger partial charge in [-0.05, 0) is 42.9 Å². The van der Waals surface area contributed by atoms with E-state index < -0.39 is 0 Å². The molecule has 0 bridgehead atoms. The lowest BCUT2D eigenvalue weighted by molar-refractivity contribution is 0.138. The first kappa shape index (κ1) is 12.6. The maximum absolute atomic E-state index is 9.84. The quantitative estimate of drug-likeness (QED) is 0.838. The Bertz CT molecular complexity index is 377. The Morgan fingerprint density at radius 2 is 2.18 bits per heavy atom. The van der Waals surface area contributed by atoms with Gasteiger partial charge in [-0.3, -0.25) is 0 Å². The first-order valence-corrected chi connectivity index (χ1v) is 6.69. The summed E-state index contributed by atoms with van der Waals surface area (Å²) in [7, 11) is 0. The van der Waals surface area contributed by atoms with Gasteiger partial charge in [-0.15, -0.1) is 0 Å². The Morgan fingerprint density at radius 3 is 2.88 bits per heavy atom. The Morgan fingerprint density at radius 1 is 1.41 bits per heavy atom. The summed E-state index contributed by atoms with van der Waals surface area (Å²) in [5, 5.41) is 13.4. The molecule has 2 rings (SSSR count). The summed E-state index contributed by atoms with van der Waals surface area (Å²) in [4.78, 5) is 0. The molecule has 0 saturated heterocycles. The average molecular weight is 233 g/mol. The third-order valence-corrected chi connectivity index (χ3v) is 3.99. The third-order valence-electron chi connectivity index (χ3n) is 3.99. The second-order valence-corrected chi connectivity index (χ2v) is 5.19. The van der Waals surface area contributed by atoms with Crippen LogP contribution in [0, 0.1) is 0 Å². The van der Waals surface area contributed by atoms with Gasteiger partial charge in [-0.1, -0.05) is 38.1 Å². The summed E-state index contributed by atoms with van der Waals surface area (Å²) < 4.78 is 0. The van der Waals surface area contributed by atoms with Crippen LogP contribution in [0.1, 0.15) is 50.2 Å². The molecule has 2 atom stereocenters. The molecular formula is C15H23NO. The molecule has 0 heterocycles. The highest BCUT2D eigenvalue weighted by Gasteiger charge is 2.37. The first-order valence-electron chi connectivity index (χ1n) is 6.69. The van der Waals surface area contributed by atoms with Crippen molar-refractivity contribution in [1.82, 2.24) is 5.32 Å². The summed E-state index contributed by atoms with van der Waals surface area (Å²) in [6.45, 7) is 5.59. The smallest absolute Gasteiger partial charge is 0.0672 e. The van der Waals surface area contributed by atoms with Gasteiger partial charge in [-0.2, -0.15) is 0 Å². The zero-order valence-corrected chi connectivity index (χ0v) is 10.9. The zero-order valence-electron chi connectivity index (χ0n) is 10.9. The van der Waals surface area contributed by atoms with Crippen LogP contribution in [0.15, 0.2) is 24.3 Å². The number of benzene rings is 1. The number of aliphatic hydroxyl groups excluding tert-OH is 1. The molecule has 0 fully saturated rings. The van der Waals surface area contributed by atoms with Crippen molar-refractivity contribution in [2.75, 3.05) is 13.2 Å². The average Bonchev–Trinajstić information content (AvgIpc) is 2.39. The van der Waals surface area contributed by atoms with Crippen molar-refractivity contribution < 1.29 is 5.11 Å². The third kappa shape index (κ3) is 2.24. The molecule has 0 aliphatic heterocycles. The van der Waals surface area contributed by atoms with Gasteiger partial charge >= 0.3 is 0 Å². The van der Waals surface area contributed by atoms with Crippen LogP contribution in [0.5, 0.6) is 0 Å². The number of aliphatic hydroxyl groups is 1.